The number of aliphatic hydroxyl groups excluding tert-OH is 1. The smallest absolute Gasteiger partial charge is 0.253 e. The number of likely N-dealkylation sites (tertiary alicyclic amines) is 1. The first-order valence-electron chi connectivity index (χ1n) is 7.82. The molecule has 0 aromatic heterocycles. The third-order valence-corrected chi connectivity index (χ3v) is 4.74. The number of carbonyl (C=O) groups excluding carboxylic acids is 1. The lowest BCUT2D eigenvalue weighted by molar-refractivity contribution is -0.0412. The minimum Gasteiger partial charge on any atom is -0.481 e. The Kier molecular flexibility index (Phi) is 4.35. The molecule has 22 heavy (non-hydrogen) atoms. The molecule has 2 unspecified atom stereocenters. The van der Waals surface area contributed by atoms with Crippen LogP contribution in [0.5, 0.6) is 5.75 Å². The number of piperidine rings is 1. The summed E-state index contributed by atoms with van der Waals surface area (Å²) in [6.07, 6.45) is 8.10. The molecular formula is C18H21NO3. The van der Waals surface area contributed by atoms with Crippen LogP contribution in [-0.4, -0.2) is 41.7 Å². The molecular weight excluding hydrogens is 278 g/mol. The van der Waals surface area contributed by atoms with Gasteiger partial charge >= 0.3 is 0 Å². The van der Waals surface area contributed by atoms with E-state index in [2.05, 4.69) is 5.92 Å². The van der Waals surface area contributed by atoms with E-state index in [-0.39, 0.29) is 30.5 Å². The second kappa shape index (κ2) is 6.41. The van der Waals surface area contributed by atoms with Crippen molar-refractivity contribution in [3.05, 3.63) is 29.8 Å². The van der Waals surface area contributed by atoms with Gasteiger partial charge in [-0.25, -0.2) is 0 Å². The van der Waals surface area contributed by atoms with Crippen LogP contribution in [0.3, 0.4) is 0 Å². The predicted octanol–water partition coefficient (Wildman–Crippen LogP) is 1.93. The Morgan fingerprint density at radius 1 is 1.27 bits per heavy atom. The van der Waals surface area contributed by atoms with E-state index in [1.807, 2.05) is 4.90 Å². The molecule has 3 rings (SSSR count). The molecule has 1 aliphatic heterocycles. The molecule has 116 valence electrons. The number of benzene rings is 1. The first kappa shape index (κ1) is 14.9. The van der Waals surface area contributed by atoms with Gasteiger partial charge in [0.15, 0.2) is 0 Å². The van der Waals surface area contributed by atoms with Crippen molar-refractivity contribution >= 4 is 5.91 Å². The zero-order chi connectivity index (χ0) is 15.5. The van der Waals surface area contributed by atoms with Crippen molar-refractivity contribution in [3.63, 3.8) is 0 Å². The molecule has 1 aromatic rings. The number of fused-ring (bicyclic) bond motifs is 2. The highest BCUT2D eigenvalue weighted by Crippen LogP contribution is 2.35. The average Bonchev–Trinajstić information content (AvgIpc) is 2.52. The van der Waals surface area contributed by atoms with Crippen LogP contribution in [-0.2, 0) is 0 Å². The summed E-state index contributed by atoms with van der Waals surface area (Å²) in [5.41, 5.74) is 0.655. The van der Waals surface area contributed by atoms with Gasteiger partial charge in [0.1, 0.15) is 12.4 Å². The molecule has 0 radical (unpaired) electrons. The summed E-state index contributed by atoms with van der Waals surface area (Å²) in [6, 6.07) is 7.08. The Morgan fingerprint density at radius 3 is 2.50 bits per heavy atom. The van der Waals surface area contributed by atoms with Crippen molar-refractivity contribution in [3.8, 4) is 18.1 Å². The molecule has 2 aliphatic rings. The molecule has 4 nitrogen and oxygen atoms in total. The second-order valence-corrected chi connectivity index (χ2v) is 6.17. The van der Waals surface area contributed by atoms with E-state index in [0.29, 0.717) is 24.4 Å². The maximum atomic E-state index is 12.6. The van der Waals surface area contributed by atoms with E-state index in [0.717, 1.165) is 19.3 Å². The van der Waals surface area contributed by atoms with Gasteiger partial charge < -0.3 is 14.7 Å². The van der Waals surface area contributed by atoms with E-state index in [4.69, 9.17) is 11.2 Å². The molecule has 1 saturated heterocycles. The SMILES string of the molecule is C#CCOc1ccc(C(=O)N2CC3CCCC(C2)C3O)cc1. The number of hydrogen-bond acceptors (Lipinski definition) is 3. The van der Waals surface area contributed by atoms with Crippen LogP contribution in [0.1, 0.15) is 29.6 Å². The third-order valence-electron chi connectivity index (χ3n) is 4.74. The lowest BCUT2D eigenvalue weighted by Gasteiger charge is -2.45. The maximum Gasteiger partial charge on any atom is 0.253 e. The van der Waals surface area contributed by atoms with Crippen LogP contribution in [0.4, 0.5) is 0 Å². The van der Waals surface area contributed by atoms with Gasteiger partial charge in [0.2, 0.25) is 0 Å². The van der Waals surface area contributed by atoms with Crippen LogP contribution in [0.25, 0.3) is 0 Å². The maximum absolute atomic E-state index is 12.6. The van der Waals surface area contributed by atoms with Crippen LogP contribution >= 0.6 is 0 Å². The molecule has 1 N–H and O–H groups in total. The molecule has 1 amide bonds. The van der Waals surface area contributed by atoms with Crippen LogP contribution in [0, 0.1) is 24.2 Å². The molecule has 1 saturated carbocycles. The Balaban J connectivity index is 1.67. The van der Waals surface area contributed by atoms with Crippen molar-refractivity contribution in [2.24, 2.45) is 11.8 Å². The fraction of sp³-hybridized carbons (Fsp3) is 0.500. The second-order valence-electron chi connectivity index (χ2n) is 6.17. The normalized spacial score (nSPS) is 27.1. The Morgan fingerprint density at radius 2 is 1.91 bits per heavy atom. The minimum absolute atomic E-state index is 0.0345. The zero-order valence-corrected chi connectivity index (χ0v) is 12.6. The zero-order valence-electron chi connectivity index (χ0n) is 12.6. The number of nitrogens with zero attached hydrogens (tertiary/aromatic N) is 1. The number of rotatable bonds is 3. The van der Waals surface area contributed by atoms with Crippen LogP contribution in [0.2, 0.25) is 0 Å². The largest absolute Gasteiger partial charge is 0.481 e. The Hall–Kier alpha value is -1.99. The highest BCUT2D eigenvalue weighted by atomic mass is 16.5. The summed E-state index contributed by atoms with van der Waals surface area (Å²) >= 11 is 0. The topological polar surface area (TPSA) is 49.8 Å². The molecule has 1 heterocycles. The monoisotopic (exact) mass is 299 g/mol. The van der Waals surface area contributed by atoms with E-state index in [9.17, 15) is 9.90 Å². The Labute approximate surface area is 131 Å². The summed E-state index contributed by atoms with van der Waals surface area (Å²) in [5.74, 6) is 3.57. The van der Waals surface area contributed by atoms with Gasteiger partial charge in [-0.3, -0.25) is 4.79 Å². The van der Waals surface area contributed by atoms with Gasteiger partial charge in [-0.15, -0.1) is 6.42 Å². The summed E-state index contributed by atoms with van der Waals surface area (Å²) in [4.78, 5) is 14.5. The van der Waals surface area contributed by atoms with Gasteiger partial charge in [-0.2, -0.15) is 0 Å². The number of ether oxygens (including phenoxy) is 1. The molecule has 0 spiro atoms. The standard InChI is InChI=1S/C18H21NO3/c1-2-10-22-16-8-6-13(7-9-16)18(21)19-11-14-4-3-5-15(12-19)17(14)20/h1,6-9,14-15,17,20H,3-5,10-12H2. The van der Waals surface area contributed by atoms with Gasteiger partial charge in [0.25, 0.3) is 5.91 Å². The summed E-state index contributed by atoms with van der Waals surface area (Å²) < 4.78 is 5.32. The van der Waals surface area contributed by atoms with Crippen molar-refractivity contribution in [1.29, 1.82) is 0 Å². The quantitative estimate of drug-likeness (QED) is 0.868. The van der Waals surface area contributed by atoms with Gasteiger partial charge in [0.05, 0.1) is 6.10 Å². The molecule has 2 bridgehead atoms. The van der Waals surface area contributed by atoms with Crippen molar-refractivity contribution in [2.75, 3.05) is 19.7 Å². The summed E-state index contributed by atoms with van der Waals surface area (Å²) in [6.45, 7) is 1.54. The number of amides is 1. The van der Waals surface area contributed by atoms with Crippen LogP contribution in [0.15, 0.2) is 24.3 Å². The molecule has 2 fully saturated rings. The van der Waals surface area contributed by atoms with E-state index in [1.54, 1.807) is 24.3 Å². The number of hydrogen-bond donors (Lipinski definition) is 1. The Bertz CT molecular complexity index is 561. The highest BCUT2D eigenvalue weighted by molar-refractivity contribution is 5.94. The van der Waals surface area contributed by atoms with Crippen molar-refractivity contribution < 1.29 is 14.6 Å². The lowest BCUT2D eigenvalue weighted by atomic mass is 9.75. The highest BCUT2D eigenvalue weighted by Gasteiger charge is 2.39. The number of carbonyl (C=O) groups is 1. The predicted molar refractivity (Wildman–Crippen MR) is 83.5 cm³/mol. The molecule has 1 aromatic carbocycles. The number of terminal acetylenes is 1. The van der Waals surface area contributed by atoms with Crippen LogP contribution < -0.4 is 4.74 Å². The number of aliphatic hydroxyl groups is 1. The fourth-order valence-electron chi connectivity index (χ4n) is 3.58. The first-order valence-corrected chi connectivity index (χ1v) is 7.82. The molecule has 4 heteroatoms. The third kappa shape index (κ3) is 2.95. The van der Waals surface area contributed by atoms with E-state index < -0.39 is 0 Å². The molecule has 1 aliphatic carbocycles. The van der Waals surface area contributed by atoms with Crippen molar-refractivity contribution in [2.45, 2.75) is 25.4 Å². The first-order chi connectivity index (χ1) is 10.7. The summed E-state index contributed by atoms with van der Waals surface area (Å²) in [5, 5.41) is 10.2. The van der Waals surface area contributed by atoms with Gasteiger partial charge in [0, 0.05) is 30.5 Å². The fourth-order valence-corrected chi connectivity index (χ4v) is 3.58. The summed E-state index contributed by atoms with van der Waals surface area (Å²) in [7, 11) is 0. The minimum atomic E-state index is -0.239. The molecule has 2 atom stereocenters. The van der Waals surface area contributed by atoms with Gasteiger partial charge in [-0.1, -0.05) is 12.3 Å². The van der Waals surface area contributed by atoms with E-state index >= 15 is 0 Å². The van der Waals surface area contributed by atoms with Crippen molar-refractivity contribution in [1.82, 2.24) is 4.90 Å². The average molecular weight is 299 g/mol. The lowest BCUT2D eigenvalue weighted by Crippen LogP contribution is -2.53. The van der Waals surface area contributed by atoms with E-state index in [1.165, 1.54) is 0 Å². The van der Waals surface area contributed by atoms with Gasteiger partial charge in [-0.05, 0) is 37.1 Å².